The lowest BCUT2D eigenvalue weighted by Crippen LogP contribution is -2.29. The van der Waals surface area contributed by atoms with Crippen LogP contribution in [-0.2, 0) is 27.1 Å². The number of amides is 1. The first kappa shape index (κ1) is 31.4. The Balaban J connectivity index is 1.24. The quantitative estimate of drug-likeness (QED) is 0.136. The van der Waals surface area contributed by atoms with Crippen molar-refractivity contribution in [1.82, 2.24) is 10.3 Å². The van der Waals surface area contributed by atoms with E-state index in [2.05, 4.69) is 39.5 Å². The van der Waals surface area contributed by atoms with Gasteiger partial charge in [0.15, 0.2) is 0 Å². The largest absolute Gasteiger partial charge is 0.372 e. The highest BCUT2D eigenvalue weighted by Crippen LogP contribution is 2.28. The number of hydrogen-bond donors (Lipinski definition) is 2. The Labute approximate surface area is 250 Å². The van der Waals surface area contributed by atoms with Gasteiger partial charge in [-0.25, -0.2) is 0 Å². The minimum atomic E-state index is -3.34. The molecule has 1 amide bonds. The fourth-order valence-corrected chi connectivity index (χ4v) is 6.20. The third kappa shape index (κ3) is 10.0. The van der Waals surface area contributed by atoms with Crippen molar-refractivity contribution in [2.75, 3.05) is 37.4 Å². The summed E-state index contributed by atoms with van der Waals surface area (Å²) < 4.78 is 26.8. The van der Waals surface area contributed by atoms with Gasteiger partial charge in [0.2, 0.25) is 0 Å². The van der Waals surface area contributed by atoms with E-state index in [1.54, 1.807) is 0 Å². The normalized spacial score (nSPS) is 14.0. The lowest BCUT2D eigenvalue weighted by molar-refractivity contribution is 0.0949. The Morgan fingerprint density at radius 1 is 0.927 bits per heavy atom. The number of benzene rings is 2. The molecule has 224 valence electrons. The molecule has 1 aliphatic heterocycles. The summed E-state index contributed by atoms with van der Waals surface area (Å²) in [6.07, 6.45) is 13.6. The second-order valence-corrected chi connectivity index (χ2v) is 13.2. The molecule has 2 N–H and O–H groups in total. The lowest BCUT2D eigenvalue weighted by Gasteiger charge is -2.28. The van der Waals surface area contributed by atoms with E-state index in [4.69, 9.17) is 15.8 Å². The van der Waals surface area contributed by atoms with Gasteiger partial charge in [0.25, 0.3) is 16.0 Å². The Morgan fingerprint density at radius 2 is 1.61 bits per heavy atom. The summed E-state index contributed by atoms with van der Waals surface area (Å²) in [5.41, 5.74) is 5.10. The summed E-state index contributed by atoms with van der Waals surface area (Å²) in [4.78, 5) is 19.1. The van der Waals surface area contributed by atoms with Gasteiger partial charge in [-0.3, -0.25) is 8.98 Å². The van der Waals surface area contributed by atoms with Crippen LogP contribution in [0.5, 0.6) is 0 Å². The number of aromatic nitrogens is 1. The number of rotatable bonds is 16. The fraction of sp³-hybridized carbons (Fsp3) is 0.531. The zero-order valence-electron chi connectivity index (χ0n) is 24.2. The number of fused-ring (bicyclic) bond motifs is 1. The molecule has 0 saturated carbocycles. The van der Waals surface area contributed by atoms with Gasteiger partial charge < -0.3 is 15.2 Å². The number of unbranched alkanes of at least 4 members (excludes halogenated alkanes) is 6. The maximum atomic E-state index is 13.3. The standard InChI is InChI=1S/C32H44ClN3O4S/c1-41(38,39)40-23-11-6-4-2-3-5-8-12-28-29-24-26(33)15-18-30(29)35-31(28)32(37)34-20-19-25-13-16-27(17-14-25)36-21-9-7-10-22-36/h13-18,24,35H,2-12,19-23H2,1H3,(H,34,37). The monoisotopic (exact) mass is 601 g/mol. The molecular formula is C32H44ClN3O4S. The molecule has 4 rings (SSSR count). The Bertz CT molecular complexity index is 1370. The van der Waals surface area contributed by atoms with Gasteiger partial charge in [-0.15, -0.1) is 0 Å². The Hall–Kier alpha value is -2.55. The van der Waals surface area contributed by atoms with Crippen molar-refractivity contribution in [1.29, 1.82) is 0 Å². The van der Waals surface area contributed by atoms with Crippen LogP contribution in [0, 0.1) is 0 Å². The van der Waals surface area contributed by atoms with Gasteiger partial charge in [0.05, 0.1) is 12.9 Å². The first-order valence-corrected chi connectivity index (χ1v) is 17.3. The predicted octanol–water partition coefficient (Wildman–Crippen LogP) is 7.03. The van der Waals surface area contributed by atoms with E-state index in [1.165, 1.54) is 30.5 Å². The Morgan fingerprint density at radius 3 is 2.32 bits per heavy atom. The molecule has 7 nitrogen and oxygen atoms in total. The summed E-state index contributed by atoms with van der Waals surface area (Å²) in [5, 5.41) is 4.80. The lowest BCUT2D eigenvalue weighted by atomic mass is 10.0. The summed E-state index contributed by atoms with van der Waals surface area (Å²) in [5.74, 6) is -0.0754. The number of H-pyrrole nitrogens is 1. The number of nitrogens with zero attached hydrogens (tertiary/aromatic N) is 1. The molecule has 0 spiro atoms. The highest BCUT2D eigenvalue weighted by molar-refractivity contribution is 7.85. The van der Waals surface area contributed by atoms with Gasteiger partial charge >= 0.3 is 0 Å². The molecule has 2 aromatic carbocycles. The molecule has 0 bridgehead atoms. The number of nitrogens with one attached hydrogen (secondary N) is 2. The highest BCUT2D eigenvalue weighted by atomic mass is 35.5. The van der Waals surface area contributed by atoms with Crippen molar-refractivity contribution >= 4 is 44.2 Å². The van der Waals surface area contributed by atoms with Crippen LogP contribution in [0.25, 0.3) is 10.9 Å². The van der Waals surface area contributed by atoms with Gasteiger partial charge in [0.1, 0.15) is 5.69 Å². The second-order valence-electron chi connectivity index (χ2n) is 11.1. The molecule has 2 heterocycles. The molecule has 3 aromatic rings. The topological polar surface area (TPSA) is 91.5 Å². The average molecular weight is 602 g/mol. The van der Waals surface area contributed by atoms with Crippen LogP contribution in [0.3, 0.4) is 0 Å². The highest BCUT2D eigenvalue weighted by Gasteiger charge is 2.18. The van der Waals surface area contributed by atoms with Gasteiger partial charge in [-0.1, -0.05) is 55.8 Å². The van der Waals surface area contributed by atoms with Crippen molar-refractivity contribution in [3.63, 3.8) is 0 Å². The zero-order chi connectivity index (χ0) is 29.1. The van der Waals surface area contributed by atoms with Crippen LogP contribution in [0.2, 0.25) is 5.02 Å². The van der Waals surface area contributed by atoms with E-state index in [-0.39, 0.29) is 12.5 Å². The van der Waals surface area contributed by atoms with Crippen LogP contribution >= 0.6 is 11.6 Å². The van der Waals surface area contributed by atoms with Gasteiger partial charge in [-0.2, -0.15) is 8.42 Å². The van der Waals surface area contributed by atoms with E-state index >= 15 is 0 Å². The van der Waals surface area contributed by atoms with Crippen LogP contribution < -0.4 is 10.2 Å². The van der Waals surface area contributed by atoms with E-state index in [0.29, 0.717) is 17.3 Å². The molecule has 1 aromatic heterocycles. The maximum absolute atomic E-state index is 13.3. The number of aryl methyl sites for hydroxylation is 1. The smallest absolute Gasteiger partial charge is 0.268 e. The minimum absolute atomic E-state index is 0.0754. The van der Waals surface area contributed by atoms with Crippen molar-refractivity contribution in [2.45, 2.75) is 77.0 Å². The van der Waals surface area contributed by atoms with E-state index in [9.17, 15) is 13.2 Å². The first-order valence-electron chi connectivity index (χ1n) is 15.1. The summed E-state index contributed by atoms with van der Waals surface area (Å²) >= 11 is 6.31. The molecule has 9 heteroatoms. The molecule has 41 heavy (non-hydrogen) atoms. The number of halogens is 1. The third-order valence-electron chi connectivity index (χ3n) is 7.82. The van der Waals surface area contributed by atoms with Crippen molar-refractivity contribution in [3.8, 4) is 0 Å². The Kier molecular flexibility index (Phi) is 12.0. The molecular weight excluding hydrogens is 558 g/mol. The minimum Gasteiger partial charge on any atom is -0.372 e. The van der Waals surface area contributed by atoms with Crippen molar-refractivity contribution < 1.29 is 17.4 Å². The SMILES string of the molecule is CS(=O)(=O)OCCCCCCCCCc1c(C(=O)NCCc2ccc(N3CCCCC3)cc2)[nH]c2ccc(Cl)cc12. The zero-order valence-corrected chi connectivity index (χ0v) is 25.8. The number of carbonyl (C=O) groups excluding carboxylic acids is 1. The number of hydrogen-bond acceptors (Lipinski definition) is 5. The summed E-state index contributed by atoms with van der Waals surface area (Å²) in [6, 6.07) is 14.5. The molecule has 0 unspecified atom stereocenters. The van der Waals surface area contributed by atoms with E-state index < -0.39 is 10.1 Å². The number of anilines is 1. The number of carbonyl (C=O) groups is 1. The molecule has 0 aliphatic carbocycles. The van der Waals surface area contributed by atoms with Crippen LogP contribution in [0.15, 0.2) is 42.5 Å². The van der Waals surface area contributed by atoms with Crippen molar-refractivity contribution in [2.24, 2.45) is 0 Å². The van der Waals surface area contributed by atoms with Crippen LogP contribution in [0.1, 0.15) is 85.8 Å². The van der Waals surface area contributed by atoms with Crippen LogP contribution in [0.4, 0.5) is 5.69 Å². The number of aromatic amines is 1. The molecule has 0 atom stereocenters. The van der Waals surface area contributed by atoms with Crippen LogP contribution in [-0.4, -0.2) is 51.8 Å². The average Bonchev–Trinajstić information content (AvgIpc) is 3.32. The van der Waals surface area contributed by atoms with E-state index in [0.717, 1.165) is 93.6 Å². The third-order valence-corrected chi connectivity index (χ3v) is 8.65. The molecule has 1 fully saturated rings. The van der Waals surface area contributed by atoms with E-state index in [1.807, 2.05) is 18.2 Å². The predicted molar refractivity (Wildman–Crippen MR) is 169 cm³/mol. The summed E-state index contributed by atoms with van der Waals surface area (Å²) in [7, 11) is -3.34. The van der Waals surface area contributed by atoms with Crippen molar-refractivity contribution in [3.05, 3.63) is 64.3 Å². The fourth-order valence-electron chi connectivity index (χ4n) is 5.61. The van der Waals surface area contributed by atoms with Gasteiger partial charge in [0, 0.05) is 41.2 Å². The first-order chi connectivity index (χ1) is 19.8. The molecule has 1 aliphatic rings. The molecule has 0 radical (unpaired) electrons. The second kappa shape index (κ2) is 15.6. The molecule has 1 saturated heterocycles. The number of piperidine rings is 1. The maximum Gasteiger partial charge on any atom is 0.268 e. The summed E-state index contributed by atoms with van der Waals surface area (Å²) in [6.45, 7) is 3.11. The van der Waals surface area contributed by atoms with Gasteiger partial charge in [-0.05, 0) is 86.4 Å².